The summed E-state index contributed by atoms with van der Waals surface area (Å²) in [6.07, 6.45) is 12.4. The van der Waals surface area contributed by atoms with E-state index < -0.39 is 0 Å². The molecule has 0 spiro atoms. The van der Waals surface area contributed by atoms with Gasteiger partial charge < -0.3 is 15.5 Å². The van der Waals surface area contributed by atoms with Crippen molar-refractivity contribution < 1.29 is 0 Å². The first-order valence-electron chi connectivity index (χ1n) is 9.52. The third-order valence-corrected chi connectivity index (χ3v) is 5.12. The van der Waals surface area contributed by atoms with E-state index in [1.807, 2.05) is 13.2 Å². The van der Waals surface area contributed by atoms with E-state index in [1.54, 1.807) is 0 Å². The molecule has 2 fully saturated rings. The number of anilines is 1. The first-order chi connectivity index (χ1) is 11.8. The highest BCUT2D eigenvalue weighted by Gasteiger charge is 2.16. The Morgan fingerprint density at radius 2 is 1.84 bits per heavy atom. The van der Waals surface area contributed by atoms with Crippen LogP contribution >= 0.6 is 24.0 Å². The lowest BCUT2D eigenvalue weighted by Crippen LogP contribution is -2.41. The van der Waals surface area contributed by atoms with Crippen LogP contribution in [0.3, 0.4) is 0 Å². The van der Waals surface area contributed by atoms with E-state index in [9.17, 15) is 0 Å². The maximum Gasteiger partial charge on any atom is 0.191 e. The van der Waals surface area contributed by atoms with Crippen LogP contribution in [-0.2, 0) is 6.54 Å². The van der Waals surface area contributed by atoms with Gasteiger partial charge in [0, 0.05) is 38.9 Å². The van der Waals surface area contributed by atoms with Crippen molar-refractivity contribution in [2.24, 2.45) is 4.99 Å². The van der Waals surface area contributed by atoms with Crippen molar-refractivity contribution in [1.82, 2.24) is 15.6 Å². The predicted molar refractivity (Wildman–Crippen MR) is 116 cm³/mol. The standard InChI is InChI=1S/C19H31N5.HI/c1-20-19(23-17-8-4-5-9-17)22-15-16-10-11-18(21-14-16)24-12-6-2-3-7-13-24;/h10-11,14,17H,2-9,12-13,15H2,1H3,(H2,20,22,23);1H. The molecule has 5 nitrogen and oxygen atoms in total. The van der Waals surface area contributed by atoms with E-state index in [-0.39, 0.29) is 24.0 Å². The summed E-state index contributed by atoms with van der Waals surface area (Å²) in [7, 11) is 1.84. The largest absolute Gasteiger partial charge is 0.357 e. The summed E-state index contributed by atoms with van der Waals surface area (Å²) in [6, 6.07) is 4.93. The molecule has 1 aliphatic heterocycles. The molecular weight excluding hydrogens is 425 g/mol. The molecule has 0 atom stereocenters. The van der Waals surface area contributed by atoms with Crippen LogP contribution in [0.4, 0.5) is 5.82 Å². The van der Waals surface area contributed by atoms with Gasteiger partial charge in [0.2, 0.25) is 0 Å². The molecule has 0 unspecified atom stereocenters. The Morgan fingerprint density at radius 3 is 2.44 bits per heavy atom. The van der Waals surface area contributed by atoms with E-state index in [1.165, 1.54) is 56.9 Å². The van der Waals surface area contributed by atoms with Crippen LogP contribution in [0.2, 0.25) is 0 Å². The zero-order chi connectivity index (χ0) is 16.6. The summed E-state index contributed by atoms with van der Waals surface area (Å²) >= 11 is 0. The highest BCUT2D eigenvalue weighted by atomic mass is 127. The monoisotopic (exact) mass is 457 g/mol. The van der Waals surface area contributed by atoms with E-state index in [0.717, 1.165) is 31.4 Å². The van der Waals surface area contributed by atoms with Crippen LogP contribution in [0.25, 0.3) is 0 Å². The Labute approximate surface area is 169 Å². The molecule has 2 heterocycles. The van der Waals surface area contributed by atoms with Crippen molar-refractivity contribution >= 4 is 35.8 Å². The maximum absolute atomic E-state index is 4.68. The fraction of sp³-hybridized carbons (Fsp3) is 0.684. The van der Waals surface area contributed by atoms with Gasteiger partial charge in [0.15, 0.2) is 5.96 Å². The van der Waals surface area contributed by atoms with Gasteiger partial charge >= 0.3 is 0 Å². The van der Waals surface area contributed by atoms with E-state index in [4.69, 9.17) is 0 Å². The molecule has 2 aliphatic rings. The molecule has 6 heteroatoms. The van der Waals surface area contributed by atoms with Crippen LogP contribution in [-0.4, -0.2) is 37.1 Å². The zero-order valence-corrected chi connectivity index (χ0v) is 17.7. The number of guanidine groups is 1. The number of nitrogens with one attached hydrogen (secondary N) is 2. The molecule has 1 saturated carbocycles. The van der Waals surface area contributed by atoms with Crippen molar-refractivity contribution in [1.29, 1.82) is 0 Å². The van der Waals surface area contributed by atoms with Crippen LogP contribution in [0, 0.1) is 0 Å². The second kappa shape index (κ2) is 10.8. The Kier molecular flexibility index (Phi) is 8.78. The average Bonchev–Trinajstić information content (AvgIpc) is 2.98. The molecule has 0 amide bonds. The SMILES string of the molecule is CN=C(NCc1ccc(N2CCCCCC2)nc1)NC1CCCC1.I. The fourth-order valence-corrected chi connectivity index (χ4v) is 3.65. The minimum absolute atomic E-state index is 0. The molecule has 3 rings (SSSR count). The van der Waals surface area contributed by atoms with Crippen molar-refractivity contribution in [3.63, 3.8) is 0 Å². The number of aromatic nitrogens is 1. The number of rotatable bonds is 4. The van der Waals surface area contributed by atoms with Gasteiger partial charge in [-0.25, -0.2) is 4.98 Å². The quantitative estimate of drug-likeness (QED) is 0.412. The molecular formula is C19H32IN5. The van der Waals surface area contributed by atoms with Crippen molar-refractivity contribution in [3.8, 4) is 0 Å². The van der Waals surface area contributed by atoms with Gasteiger partial charge in [-0.15, -0.1) is 24.0 Å². The van der Waals surface area contributed by atoms with Gasteiger partial charge in [-0.05, 0) is 37.3 Å². The van der Waals surface area contributed by atoms with Gasteiger partial charge in [0.05, 0.1) is 0 Å². The molecule has 140 valence electrons. The minimum atomic E-state index is 0. The van der Waals surface area contributed by atoms with E-state index >= 15 is 0 Å². The van der Waals surface area contributed by atoms with Gasteiger partial charge in [-0.3, -0.25) is 4.99 Å². The molecule has 25 heavy (non-hydrogen) atoms. The third kappa shape index (κ3) is 6.31. The third-order valence-electron chi connectivity index (χ3n) is 5.12. The zero-order valence-electron chi connectivity index (χ0n) is 15.3. The average molecular weight is 457 g/mol. The van der Waals surface area contributed by atoms with Gasteiger partial charge in [0.1, 0.15) is 5.82 Å². The summed E-state index contributed by atoms with van der Waals surface area (Å²) < 4.78 is 0. The molecule has 0 bridgehead atoms. The topological polar surface area (TPSA) is 52.6 Å². The van der Waals surface area contributed by atoms with Gasteiger partial charge in [-0.2, -0.15) is 0 Å². The minimum Gasteiger partial charge on any atom is -0.357 e. The Balaban J connectivity index is 0.00000225. The van der Waals surface area contributed by atoms with Crippen LogP contribution < -0.4 is 15.5 Å². The Morgan fingerprint density at radius 1 is 1.12 bits per heavy atom. The van der Waals surface area contributed by atoms with Gasteiger partial charge in [-0.1, -0.05) is 31.7 Å². The summed E-state index contributed by atoms with van der Waals surface area (Å²) in [6.45, 7) is 3.05. The van der Waals surface area contributed by atoms with E-state index in [0.29, 0.717) is 6.04 Å². The molecule has 1 saturated heterocycles. The van der Waals surface area contributed by atoms with Crippen molar-refractivity contribution in [3.05, 3.63) is 23.9 Å². The molecule has 1 aliphatic carbocycles. The van der Waals surface area contributed by atoms with Crippen molar-refractivity contribution in [2.45, 2.75) is 64.0 Å². The number of pyridine rings is 1. The highest BCUT2D eigenvalue weighted by Crippen LogP contribution is 2.18. The number of aliphatic imine (C=N–C) groups is 1. The Hall–Kier alpha value is -1.05. The van der Waals surface area contributed by atoms with Crippen LogP contribution in [0.1, 0.15) is 56.9 Å². The summed E-state index contributed by atoms with van der Waals surface area (Å²) in [4.78, 5) is 11.4. The molecule has 1 aromatic rings. The maximum atomic E-state index is 4.68. The number of nitrogens with zero attached hydrogens (tertiary/aromatic N) is 3. The Bertz CT molecular complexity index is 517. The fourth-order valence-electron chi connectivity index (χ4n) is 3.65. The normalized spacial score (nSPS) is 19.2. The lowest BCUT2D eigenvalue weighted by molar-refractivity contribution is 0.613. The second-order valence-electron chi connectivity index (χ2n) is 6.98. The summed E-state index contributed by atoms with van der Waals surface area (Å²) in [5, 5.41) is 6.92. The first-order valence-corrected chi connectivity index (χ1v) is 9.52. The molecule has 0 aromatic carbocycles. The lowest BCUT2D eigenvalue weighted by Gasteiger charge is -2.21. The highest BCUT2D eigenvalue weighted by molar-refractivity contribution is 14.0. The van der Waals surface area contributed by atoms with Crippen LogP contribution in [0.15, 0.2) is 23.3 Å². The molecule has 2 N–H and O–H groups in total. The number of hydrogen-bond donors (Lipinski definition) is 2. The molecule has 0 radical (unpaired) electrons. The summed E-state index contributed by atoms with van der Waals surface area (Å²) in [5.41, 5.74) is 1.20. The van der Waals surface area contributed by atoms with Crippen molar-refractivity contribution in [2.75, 3.05) is 25.0 Å². The molecule has 1 aromatic heterocycles. The number of halogens is 1. The smallest absolute Gasteiger partial charge is 0.191 e. The van der Waals surface area contributed by atoms with Crippen LogP contribution in [0.5, 0.6) is 0 Å². The lowest BCUT2D eigenvalue weighted by atomic mass is 10.2. The second-order valence-corrected chi connectivity index (χ2v) is 6.98. The van der Waals surface area contributed by atoms with E-state index in [2.05, 4.69) is 37.6 Å². The van der Waals surface area contributed by atoms with Gasteiger partial charge in [0.25, 0.3) is 0 Å². The first kappa shape index (κ1) is 20.3. The predicted octanol–water partition coefficient (Wildman–Crippen LogP) is 3.69. The number of hydrogen-bond acceptors (Lipinski definition) is 3. The summed E-state index contributed by atoms with van der Waals surface area (Å²) in [5.74, 6) is 2.02.